The van der Waals surface area contributed by atoms with Gasteiger partial charge in [0.1, 0.15) is 0 Å². The summed E-state index contributed by atoms with van der Waals surface area (Å²) < 4.78 is 0. The molecule has 0 amide bonds. The number of benzene rings is 1. The molecule has 1 aromatic rings. The molecule has 1 nitrogen and oxygen atoms in total. The number of aliphatic hydroxyl groups is 1. The summed E-state index contributed by atoms with van der Waals surface area (Å²) in [5.74, 6) is 0. The van der Waals surface area contributed by atoms with E-state index >= 15 is 0 Å². The van der Waals surface area contributed by atoms with Crippen LogP contribution in [0, 0.1) is 5.41 Å². The van der Waals surface area contributed by atoms with Crippen LogP contribution in [0.3, 0.4) is 0 Å². The van der Waals surface area contributed by atoms with Gasteiger partial charge < -0.3 is 5.11 Å². The van der Waals surface area contributed by atoms with Crippen molar-refractivity contribution in [3.05, 3.63) is 35.9 Å². The molecule has 1 aromatic carbocycles. The van der Waals surface area contributed by atoms with Crippen LogP contribution < -0.4 is 0 Å². The first-order valence-corrected chi connectivity index (χ1v) is 5.30. The molecular formula is C13H18O. The number of hydrogen-bond donors (Lipinski definition) is 1. The van der Waals surface area contributed by atoms with E-state index in [1.54, 1.807) is 0 Å². The predicted octanol–water partition coefficient (Wildman–Crippen LogP) is 2.78. The maximum atomic E-state index is 10.4. The molecular weight excluding hydrogens is 172 g/mol. The fourth-order valence-corrected chi connectivity index (χ4v) is 1.93. The summed E-state index contributed by atoms with van der Waals surface area (Å²) in [7, 11) is 0. The molecule has 0 heterocycles. The molecule has 2 rings (SSSR count). The van der Waals surface area contributed by atoms with Crippen LogP contribution in [-0.2, 0) is 6.42 Å². The summed E-state index contributed by atoms with van der Waals surface area (Å²) in [6.45, 7) is 4.14. The largest absolute Gasteiger partial charge is 0.389 e. The van der Waals surface area contributed by atoms with E-state index in [9.17, 15) is 5.11 Å². The van der Waals surface area contributed by atoms with Crippen LogP contribution in [0.15, 0.2) is 30.3 Å². The zero-order valence-electron chi connectivity index (χ0n) is 8.96. The minimum Gasteiger partial charge on any atom is -0.389 e. The summed E-state index contributed by atoms with van der Waals surface area (Å²) >= 11 is 0. The Morgan fingerprint density at radius 2 is 1.86 bits per heavy atom. The molecule has 0 bridgehead atoms. The summed E-state index contributed by atoms with van der Waals surface area (Å²) in [6.07, 6.45) is 3.09. The van der Waals surface area contributed by atoms with Gasteiger partial charge in [-0.1, -0.05) is 37.3 Å². The SMILES string of the molecule is CC(O)(Cc1ccccc1)C1(C)CC1. The van der Waals surface area contributed by atoms with E-state index in [1.807, 2.05) is 25.1 Å². The van der Waals surface area contributed by atoms with Crippen molar-refractivity contribution in [2.45, 2.75) is 38.7 Å². The number of rotatable bonds is 3. The minimum absolute atomic E-state index is 0.156. The summed E-state index contributed by atoms with van der Waals surface area (Å²) in [4.78, 5) is 0. The smallest absolute Gasteiger partial charge is 0.0713 e. The highest BCUT2D eigenvalue weighted by molar-refractivity contribution is 5.19. The average molecular weight is 190 g/mol. The molecule has 1 saturated carbocycles. The molecule has 1 fully saturated rings. The van der Waals surface area contributed by atoms with Gasteiger partial charge in [-0.05, 0) is 30.7 Å². The Bertz CT molecular complexity index is 309. The first kappa shape index (κ1) is 9.72. The van der Waals surface area contributed by atoms with Crippen LogP contribution in [0.4, 0.5) is 0 Å². The van der Waals surface area contributed by atoms with E-state index in [4.69, 9.17) is 0 Å². The predicted molar refractivity (Wildman–Crippen MR) is 58.1 cm³/mol. The van der Waals surface area contributed by atoms with Crippen LogP contribution in [0.2, 0.25) is 0 Å². The normalized spacial score (nSPS) is 22.8. The Kier molecular flexibility index (Phi) is 2.15. The quantitative estimate of drug-likeness (QED) is 0.777. The average Bonchev–Trinajstić information content (AvgIpc) is 2.86. The highest BCUT2D eigenvalue weighted by Crippen LogP contribution is 2.54. The standard InChI is InChI=1S/C13H18O/c1-12(8-9-12)13(2,14)10-11-6-4-3-5-7-11/h3-7,14H,8-10H2,1-2H3. The van der Waals surface area contributed by atoms with Crippen molar-refractivity contribution in [1.82, 2.24) is 0 Å². The van der Waals surface area contributed by atoms with Crippen LogP contribution in [0.25, 0.3) is 0 Å². The van der Waals surface area contributed by atoms with Crippen molar-refractivity contribution in [2.24, 2.45) is 5.41 Å². The molecule has 14 heavy (non-hydrogen) atoms. The van der Waals surface area contributed by atoms with Gasteiger partial charge in [-0.2, -0.15) is 0 Å². The molecule has 1 unspecified atom stereocenters. The Hall–Kier alpha value is -0.820. The third-order valence-corrected chi connectivity index (χ3v) is 3.69. The Balaban J connectivity index is 2.11. The summed E-state index contributed by atoms with van der Waals surface area (Å²) in [5, 5.41) is 10.4. The zero-order valence-corrected chi connectivity index (χ0v) is 8.96. The van der Waals surface area contributed by atoms with Gasteiger partial charge in [0, 0.05) is 6.42 Å². The molecule has 76 valence electrons. The minimum atomic E-state index is -0.547. The van der Waals surface area contributed by atoms with Crippen molar-refractivity contribution >= 4 is 0 Å². The maximum Gasteiger partial charge on any atom is 0.0713 e. The van der Waals surface area contributed by atoms with Crippen molar-refractivity contribution in [3.63, 3.8) is 0 Å². The van der Waals surface area contributed by atoms with Crippen LogP contribution in [0.1, 0.15) is 32.3 Å². The van der Waals surface area contributed by atoms with Gasteiger partial charge in [0.05, 0.1) is 5.60 Å². The molecule has 0 aromatic heterocycles. The molecule has 0 radical (unpaired) electrons. The monoisotopic (exact) mass is 190 g/mol. The lowest BCUT2D eigenvalue weighted by Gasteiger charge is -2.30. The van der Waals surface area contributed by atoms with Crippen molar-refractivity contribution < 1.29 is 5.11 Å². The van der Waals surface area contributed by atoms with Gasteiger partial charge in [-0.3, -0.25) is 0 Å². The maximum absolute atomic E-state index is 10.4. The molecule has 1 atom stereocenters. The van der Waals surface area contributed by atoms with Crippen molar-refractivity contribution in [1.29, 1.82) is 0 Å². The van der Waals surface area contributed by atoms with E-state index in [-0.39, 0.29) is 5.41 Å². The van der Waals surface area contributed by atoms with Gasteiger partial charge in [0.15, 0.2) is 0 Å². The van der Waals surface area contributed by atoms with E-state index in [1.165, 1.54) is 5.56 Å². The topological polar surface area (TPSA) is 20.2 Å². The molecule has 1 aliphatic carbocycles. The second-order valence-electron chi connectivity index (χ2n) is 5.00. The van der Waals surface area contributed by atoms with Crippen LogP contribution in [-0.4, -0.2) is 10.7 Å². The first-order chi connectivity index (χ1) is 6.54. The highest BCUT2D eigenvalue weighted by Gasteiger charge is 2.51. The zero-order chi connectivity index (χ0) is 10.2. The van der Waals surface area contributed by atoms with E-state index in [0.29, 0.717) is 0 Å². The third kappa shape index (κ3) is 1.69. The van der Waals surface area contributed by atoms with E-state index < -0.39 is 5.60 Å². The van der Waals surface area contributed by atoms with Gasteiger partial charge in [0.2, 0.25) is 0 Å². The lowest BCUT2D eigenvalue weighted by molar-refractivity contribution is -0.00701. The fraction of sp³-hybridized carbons (Fsp3) is 0.538. The van der Waals surface area contributed by atoms with Gasteiger partial charge in [0.25, 0.3) is 0 Å². The first-order valence-electron chi connectivity index (χ1n) is 5.30. The molecule has 0 saturated heterocycles. The second kappa shape index (κ2) is 3.09. The lowest BCUT2D eigenvalue weighted by Crippen LogP contribution is -2.36. The van der Waals surface area contributed by atoms with Gasteiger partial charge in [-0.15, -0.1) is 0 Å². The number of hydrogen-bond acceptors (Lipinski definition) is 1. The second-order valence-corrected chi connectivity index (χ2v) is 5.00. The highest BCUT2D eigenvalue weighted by atomic mass is 16.3. The third-order valence-electron chi connectivity index (χ3n) is 3.69. The molecule has 0 spiro atoms. The Labute approximate surface area is 85.8 Å². The van der Waals surface area contributed by atoms with E-state index in [2.05, 4.69) is 19.1 Å². The fourth-order valence-electron chi connectivity index (χ4n) is 1.93. The van der Waals surface area contributed by atoms with Gasteiger partial charge in [-0.25, -0.2) is 0 Å². The van der Waals surface area contributed by atoms with Crippen molar-refractivity contribution in [3.8, 4) is 0 Å². The summed E-state index contributed by atoms with van der Waals surface area (Å²) in [6, 6.07) is 10.2. The molecule has 1 aliphatic rings. The summed E-state index contributed by atoms with van der Waals surface area (Å²) in [5.41, 5.74) is 0.836. The van der Waals surface area contributed by atoms with Crippen molar-refractivity contribution in [2.75, 3.05) is 0 Å². The molecule has 0 aliphatic heterocycles. The van der Waals surface area contributed by atoms with Crippen LogP contribution >= 0.6 is 0 Å². The Morgan fingerprint density at radius 1 is 1.29 bits per heavy atom. The lowest BCUT2D eigenvalue weighted by atomic mass is 9.82. The van der Waals surface area contributed by atoms with E-state index in [0.717, 1.165) is 19.3 Å². The molecule has 1 N–H and O–H groups in total. The van der Waals surface area contributed by atoms with Crippen LogP contribution in [0.5, 0.6) is 0 Å². The molecule has 1 heteroatoms. The van der Waals surface area contributed by atoms with Gasteiger partial charge >= 0.3 is 0 Å². The Morgan fingerprint density at radius 3 is 2.36 bits per heavy atom.